The lowest BCUT2D eigenvalue weighted by atomic mass is 10.1. The molecule has 0 aliphatic rings. The molecule has 0 unspecified atom stereocenters. The number of hydrogen-bond donors (Lipinski definition) is 2. The van der Waals surface area contributed by atoms with Crippen LogP contribution in [0.5, 0.6) is 0 Å². The molecule has 0 saturated heterocycles. The van der Waals surface area contributed by atoms with Crippen LogP contribution < -0.4 is 5.32 Å². The van der Waals surface area contributed by atoms with Gasteiger partial charge >= 0.3 is 0 Å². The van der Waals surface area contributed by atoms with Crippen molar-refractivity contribution in [1.29, 1.82) is 0 Å². The van der Waals surface area contributed by atoms with Gasteiger partial charge in [0.15, 0.2) is 0 Å². The van der Waals surface area contributed by atoms with Crippen LogP contribution in [0.3, 0.4) is 0 Å². The van der Waals surface area contributed by atoms with Gasteiger partial charge in [0.2, 0.25) is 0 Å². The van der Waals surface area contributed by atoms with Gasteiger partial charge in [-0.1, -0.05) is 36.0 Å². The second-order valence-corrected chi connectivity index (χ2v) is 8.20. The number of carbonyl (C=O) groups is 1. The molecule has 2 heterocycles. The Morgan fingerprint density at radius 1 is 1.15 bits per heavy atom. The highest BCUT2D eigenvalue weighted by Crippen LogP contribution is 2.26. The molecule has 2 aromatic heterocycles. The van der Waals surface area contributed by atoms with Gasteiger partial charge in [-0.2, -0.15) is 0 Å². The van der Waals surface area contributed by atoms with E-state index in [1.165, 1.54) is 5.56 Å². The summed E-state index contributed by atoms with van der Waals surface area (Å²) >= 11 is 3.37. The number of rotatable bonds is 6. The first-order chi connectivity index (χ1) is 13.2. The zero-order valence-corrected chi connectivity index (χ0v) is 16.4. The molecular weight excluding hydrogens is 376 g/mol. The molecule has 0 atom stereocenters. The highest BCUT2D eigenvalue weighted by atomic mass is 32.2. The Morgan fingerprint density at radius 3 is 2.70 bits per heavy atom. The molecule has 0 spiro atoms. The van der Waals surface area contributed by atoms with Gasteiger partial charge in [-0.05, 0) is 36.8 Å². The third-order valence-electron chi connectivity index (χ3n) is 4.03. The van der Waals surface area contributed by atoms with Crippen LogP contribution in [0.25, 0.3) is 11.0 Å². The van der Waals surface area contributed by atoms with E-state index in [9.17, 15) is 4.79 Å². The topological polar surface area (TPSA) is 70.7 Å². The predicted octanol–water partition coefficient (Wildman–Crippen LogP) is 4.55. The molecule has 0 radical (unpaired) electrons. The number of aromatic amines is 1. The van der Waals surface area contributed by atoms with Crippen LogP contribution in [0, 0.1) is 6.92 Å². The maximum absolute atomic E-state index is 12.4. The number of nitrogens with zero attached hydrogens (tertiary/aromatic N) is 2. The maximum atomic E-state index is 12.4. The van der Waals surface area contributed by atoms with Crippen molar-refractivity contribution in [3.8, 4) is 0 Å². The highest BCUT2D eigenvalue weighted by Gasteiger charge is 2.08. The first-order valence-corrected chi connectivity index (χ1v) is 10.4. The fraction of sp³-hybridized carbons (Fsp3) is 0.150. The number of amides is 1. The number of H-pyrrole nitrogens is 1. The summed E-state index contributed by atoms with van der Waals surface area (Å²) in [6.07, 6.45) is 0. The summed E-state index contributed by atoms with van der Waals surface area (Å²) in [5.41, 5.74) is 4.74. The fourth-order valence-electron chi connectivity index (χ4n) is 2.65. The van der Waals surface area contributed by atoms with Crippen LogP contribution in [-0.4, -0.2) is 20.9 Å². The Labute approximate surface area is 165 Å². The number of imidazole rings is 1. The first kappa shape index (κ1) is 17.8. The van der Waals surface area contributed by atoms with Gasteiger partial charge in [0.05, 0.1) is 17.6 Å². The summed E-state index contributed by atoms with van der Waals surface area (Å²) in [4.78, 5) is 24.5. The molecule has 0 bridgehead atoms. The summed E-state index contributed by atoms with van der Waals surface area (Å²) in [6.45, 7) is 2.37. The van der Waals surface area contributed by atoms with Gasteiger partial charge in [-0.3, -0.25) is 4.79 Å². The van der Waals surface area contributed by atoms with E-state index in [1.54, 1.807) is 23.1 Å². The highest BCUT2D eigenvalue weighted by molar-refractivity contribution is 8.00. The summed E-state index contributed by atoms with van der Waals surface area (Å²) in [5.74, 6) is 1.48. The number of fused-ring (bicyclic) bond motifs is 1. The first-order valence-electron chi connectivity index (χ1n) is 8.53. The van der Waals surface area contributed by atoms with Crippen molar-refractivity contribution < 1.29 is 4.79 Å². The zero-order chi connectivity index (χ0) is 18.6. The SMILES string of the molecule is Cc1csc(SCc2ccc(C(=O)NCc3nc4ccccc4[nH]3)cc2)n1. The van der Waals surface area contributed by atoms with E-state index >= 15 is 0 Å². The second-order valence-electron chi connectivity index (χ2n) is 6.12. The number of hydrogen-bond acceptors (Lipinski definition) is 5. The number of thioether (sulfide) groups is 1. The Balaban J connectivity index is 1.33. The Hall–Kier alpha value is -2.64. The van der Waals surface area contributed by atoms with Gasteiger partial charge < -0.3 is 10.3 Å². The van der Waals surface area contributed by atoms with Crippen molar-refractivity contribution in [2.24, 2.45) is 0 Å². The van der Waals surface area contributed by atoms with Crippen LogP contribution in [0.1, 0.15) is 27.4 Å². The van der Waals surface area contributed by atoms with Gasteiger partial charge in [-0.15, -0.1) is 11.3 Å². The van der Waals surface area contributed by atoms with E-state index in [0.717, 1.165) is 32.6 Å². The number of thiazole rings is 1. The zero-order valence-electron chi connectivity index (χ0n) is 14.7. The normalized spacial score (nSPS) is 11.0. The Kier molecular flexibility index (Phi) is 5.22. The molecular formula is C20H18N4OS2. The molecule has 2 N–H and O–H groups in total. The molecule has 4 aromatic rings. The van der Waals surface area contributed by atoms with Crippen molar-refractivity contribution in [1.82, 2.24) is 20.3 Å². The summed E-state index contributed by atoms with van der Waals surface area (Å²) in [5, 5.41) is 4.96. The number of para-hydroxylation sites is 2. The lowest BCUT2D eigenvalue weighted by Gasteiger charge is -2.05. The van der Waals surface area contributed by atoms with Crippen LogP contribution in [0.4, 0.5) is 0 Å². The van der Waals surface area contributed by atoms with E-state index in [2.05, 4.69) is 25.6 Å². The largest absolute Gasteiger partial charge is 0.345 e. The van der Waals surface area contributed by atoms with Gasteiger partial charge in [0, 0.05) is 22.4 Å². The molecule has 7 heteroatoms. The lowest BCUT2D eigenvalue weighted by molar-refractivity contribution is 0.0950. The molecule has 1 amide bonds. The monoisotopic (exact) mass is 394 g/mol. The van der Waals surface area contributed by atoms with E-state index in [-0.39, 0.29) is 5.91 Å². The van der Waals surface area contributed by atoms with Crippen LogP contribution in [-0.2, 0) is 12.3 Å². The Morgan fingerprint density at radius 2 is 1.96 bits per heavy atom. The third kappa shape index (κ3) is 4.37. The van der Waals surface area contributed by atoms with Crippen molar-refractivity contribution in [3.63, 3.8) is 0 Å². The van der Waals surface area contributed by atoms with E-state index in [1.807, 2.05) is 55.5 Å². The van der Waals surface area contributed by atoms with Gasteiger partial charge in [0.25, 0.3) is 5.91 Å². The molecule has 0 aliphatic carbocycles. The summed E-state index contributed by atoms with van der Waals surface area (Å²) < 4.78 is 1.07. The van der Waals surface area contributed by atoms with Gasteiger partial charge in [0.1, 0.15) is 10.2 Å². The van der Waals surface area contributed by atoms with Crippen LogP contribution >= 0.6 is 23.1 Å². The maximum Gasteiger partial charge on any atom is 0.251 e. The van der Waals surface area contributed by atoms with E-state index in [0.29, 0.717) is 12.1 Å². The number of aromatic nitrogens is 3. The van der Waals surface area contributed by atoms with Gasteiger partial charge in [-0.25, -0.2) is 9.97 Å². The number of benzene rings is 2. The molecule has 5 nitrogen and oxygen atoms in total. The van der Waals surface area contributed by atoms with Crippen molar-refractivity contribution in [2.45, 2.75) is 23.6 Å². The number of nitrogens with one attached hydrogen (secondary N) is 2. The average Bonchev–Trinajstić information content (AvgIpc) is 3.30. The standard InChI is InChI=1S/C20H18N4OS2/c1-13-11-26-20(22-13)27-12-14-6-8-15(9-7-14)19(25)21-10-18-23-16-4-2-3-5-17(16)24-18/h2-9,11H,10,12H2,1H3,(H,21,25)(H,23,24). The van der Waals surface area contributed by atoms with Crippen molar-refractivity contribution in [2.75, 3.05) is 0 Å². The van der Waals surface area contributed by atoms with E-state index < -0.39 is 0 Å². The van der Waals surface area contributed by atoms with E-state index in [4.69, 9.17) is 0 Å². The molecule has 0 aliphatic heterocycles. The summed E-state index contributed by atoms with van der Waals surface area (Å²) in [7, 11) is 0. The minimum absolute atomic E-state index is 0.106. The van der Waals surface area contributed by atoms with Crippen LogP contribution in [0.2, 0.25) is 0 Å². The summed E-state index contributed by atoms with van der Waals surface area (Å²) in [6, 6.07) is 15.5. The smallest absolute Gasteiger partial charge is 0.251 e. The number of carbonyl (C=O) groups excluding carboxylic acids is 1. The van der Waals surface area contributed by atoms with Crippen molar-refractivity contribution in [3.05, 3.63) is 76.6 Å². The minimum atomic E-state index is -0.106. The predicted molar refractivity (Wildman–Crippen MR) is 110 cm³/mol. The average molecular weight is 395 g/mol. The molecule has 0 saturated carbocycles. The fourth-order valence-corrected chi connectivity index (χ4v) is 4.46. The lowest BCUT2D eigenvalue weighted by Crippen LogP contribution is -2.23. The second kappa shape index (κ2) is 7.94. The molecule has 27 heavy (non-hydrogen) atoms. The Bertz CT molecular complexity index is 1040. The quantitative estimate of drug-likeness (QED) is 0.471. The number of aryl methyl sites for hydroxylation is 1. The third-order valence-corrected chi connectivity index (χ3v) is 6.24. The molecule has 4 rings (SSSR count). The molecule has 2 aromatic carbocycles. The van der Waals surface area contributed by atoms with Crippen LogP contribution in [0.15, 0.2) is 58.3 Å². The molecule has 136 valence electrons. The molecule has 0 fully saturated rings. The minimum Gasteiger partial charge on any atom is -0.345 e. The van der Waals surface area contributed by atoms with Crippen molar-refractivity contribution >= 4 is 40.0 Å².